The third-order valence-corrected chi connectivity index (χ3v) is 1.30. The largest absolute Gasteiger partial charge is 0.431 e. The molecule has 0 N–H and O–H groups in total. The monoisotopic (exact) mass is 194 g/mol. The van der Waals surface area contributed by atoms with Crippen LogP contribution in [0.3, 0.4) is 0 Å². The lowest BCUT2D eigenvalue weighted by Gasteiger charge is -2.05. The van der Waals surface area contributed by atoms with Crippen LogP contribution >= 0.6 is 11.6 Å². The van der Waals surface area contributed by atoms with Gasteiger partial charge >= 0.3 is 6.61 Å². The van der Waals surface area contributed by atoms with Crippen LogP contribution in [0.4, 0.5) is 8.78 Å². The van der Waals surface area contributed by atoms with Gasteiger partial charge in [-0.25, -0.2) is 9.97 Å². The van der Waals surface area contributed by atoms with Gasteiger partial charge in [0.1, 0.15) is 0 Å². The maximum absolute atomic E-state index is 11.7. The minimum absolute atomic E-state index is 0.00844. The molecular formula is C6H5ClF2N2O. The summed E-state index contributed by atoms with van der Waals surface area (Å²) >= 11 is 5.39. The van der Waals surface area contributed by atoms with Crippen molar-refractivity contribution in [2.45, 2.75) is 13.5 Å². The zero-order valence-corrected chi connectivity index (χ0v) is 6.85. The molecule has 1 heterocycles. The Morgan fingerprint density at radius 2 is 2.25 bits per heavy atom. The van der Waals surface area contributed by atoms with Crippen LogP contribution in [-0.2, 0) is 0 Å². The van der Waals surface area contributed by atoms with Crippen molar-refractivity contribution in [2.75, 3.05) is 0 Å². The van der Waals surface area contributed by atoms with E-state index in [9.17, 15) is 8.78 Å². The molecule has 0 radical (unpaired) electrons. The van der Waals surface area contributed by atoms with Gasteiger partial charge in [0.15, 0.2) is 5.75 Å². The Morgan fingerprint density at radius 1 is 1.58 bits per heavy atom. The highest BCUT2D eigenvalue weighted by atomic mass is 35.5. The summed E-state index contributed by atoms with van der Waals surface area (Å²) in [5, 5.41) is 0.00844. The fraction of sp³-hybridized carbons (Fsp3) is 0.333. The van der Waals surface area contributed by atoms with Crippen molar-refractivity contribution in [3.8, 4) is 5.75 Å². The van der Waals surface area contributed by atoms with Crippen LogP contribution in [0.15, 0.2) is 6.20 Å². The average Bonchev–Trinajstić information content (AvgIpc) is 1.94. The van der Waals surface area contributed by atoms with Crippen molar-refractivity contribution in [3.63, 3.8) is 0 Å². The zero-order chi connectivity index (χ0) is 9.14. The fourth-order valence-corrected chi connectivity index (χ4v) is 0.815. The highest BCUT2D eigenvalue weighted by Gasteiger charge is 2.08. The average molecular weight is 195 g/mol. The Hall–Kier alpha value is -0.970. The summed E-state index contributed by atoms with van der Waals surface area (Å²) in [7, 11) is 0. The van der Waals surface area contributed by atoms with Crippen LogP contribution in [0, 0.1) is 6.92 Å². The molecule has 1 aromatic heterocycles. The van der Waals surface area contributed by atoms with Crippen LogP contribution in [-0.4, -0.2) is 16.6 Å². The second-order valence-corrected chi connectivity index (χ2v) is 2.31. The number of alkyl halides is 2. The molecule has 1 aromatic rings. The van der Waals surface area contributed by atoms with Gasteiger partial charge in [-0.1, -0.05) is 0 Å². The third kappa shape index (κ3) is 2.27. The van der Waals surface area contributed by atoms with Crippen molar-refractivity contribution < 1.29 is 13.5 Å². The standard InChI is InChI=1S/C6H5ClF2N2O/c1-3-4(12-6(8)9)2-10-5(7)11-3/h2,6H,1H3. The van der Waals surface area contributed by atoms with E-state index in [4.69, 9.17) is 11.6 Å². The van der Waals surface area contributed by atoms with Gasteiger partial charge < -0.3 is 4.74 Å². The van der Waals surface area contributed by atoms with Crippen molar-refractivity contribution >= 4 is 11.6 Å². The topological polar surface area (TPSA) is 35.0 Å². The number of rotatable bonds is 2. The molecule has 0 spiro atoms. The minimum Gasteiger partial charge on any atom is -0.431 e. The zero-order valence-electron chi connectivity index (χ0n) is 6.09. The Labute approximate surface area is 72.3 Å². The van der Waals surface area contributed by atoms with Crippen molar-refractivity contribution in [1.29, 1.82) is 0 Å². The Balaban J connectivity index is 2.86. The van der Waals surface area contributed by atoms with Gasteiger partial charge in [-0.2, -0.15) is 8.78 Å². The molecule has 1 rings (SSSR count). The Kier molecular flexibility index (Phi) is 2.75. The molecule has 3 nitrogen and oxygen atoms in total. The number of hydrogen-bond donors (Lipinski definition) is 0. The third-order valence-electron chi connectivity index (χ3n) is 1.12. The number of halogens is 3. The second kappa shape index (κ2) is 3.62. The van der Waals surface area contributed by atoms with E-state index in [1.165, 1.54) is 6.92 Å². The number of ether oxygens (including phenoxy) is 1. The molecule has 0 aliphatic heterocycles. The number of hydrogen-bond acceptors (Lipinski definition) is 3. The van der Waals surface area contributed by atoms with E-state index in [1.54, 1.807) is 0 Å². The Morgan fingerprint density at radius 3 is 2.75 bits per heavy atom. The second-order valence-electron chi connectivity index (χ2n) is 1.97. The lowest BCUT2D eigenvalue weighted by Crippen LogP contribution is -2.04. The predicted molar refractivity (Wildman–Crippen MR) is 38.4 cm³/mol. The maximum atomic E-state index is 11.7. The lowest BCUT2D eigenvalue weighted by atomic mass is 10.4. The van der Waals surface area contributed by atoms with E-state index in [0.717, 1.165) is 6.20 Å². The van der Waals surface area contributed by atoms with Gasteiger partial charge in [0.2, 0.25) is 5.28 Å². The van der Waals surface area contributed by atoms with Crippen LogP contribution < -0.4 is 4.74 Å². The predicted octanol–water partition coefficient (Wildman–Crippen LogP) is 2.04. The molecule has 0 aromatic carbocycles. The summed E-state index contributed by atoms with van der Waals surface area (Å²) < 4.78 is 27.5. The fourth-order valence-electron chi connectivity index (χ4n) is 0.639. The van der Waals surface area contributed by atoms with Gasteiger partial charge in [-0.05, 0) is 18.5 Å². The summed E-state index contributed by atoms with van der Waals surface area (Å²) in [6.45, 7) is -1.36. The van der Waals surface area contributed by atoms with Crippen molar-refractivity contribution in [1.82, 2.24) is 9.97 Å². The van der Waals surface area contributed by atoms with Crippen LogP contribution in [0.2, 0.25) is 5.28 Å². The molecule has 0 atom stereocenters. The van der Waals surface area contributed by atoms with E-state index in [2.05, 4.69) is 14.7 Å². The van der Waals surface area contributed by atoms with Gasteiger partial charge in [-0.3, -0.25) is 0 Å². The number of aryl methyl sites for hydroxylation is 1. The molecule has 0 fully saturated rings. The summed E-state index contributed by atoms with van der Waals surface area (Å²) in [5.74, 6) is -0.0607. The highest BCUT2D eigenvalue weighted by molar-refractivity contribution is 6.28. The Bertz CT molecular complexity index is 282. The molecule has 66 valence electrons. The number of nitrogens with zero attached hydrogens (tertiary/aromatic N) is 2. The van der Waals surface area contributed by atoms with E-state index >= 15 is 0 Å². The van der Waals surface area contributed by atoms with E-state index in [0.29, 0.717) is 0 Å². The van der Waals surface area contributed by atoms with Crippen molar-refractivity contribution in [2.24, 2.45) is 0 Å². The highest BCUT2D eigenvalue weighted by Crippen LogP contribution is 2.17. The van der Waals surface area contributed by atoms with Crippen LogP contribution in [0.25, 0.3) is 0 Å². The summed E-state index contributed by atoms with van der Waals surface area (Å²) in [6.07, 6.45) is 1.11. The van der Waals surface area contributed by atoms with Gasteiger partial charge in [0, 0.05) is 0 Å². The molecule has 0 bridgehead atoms. The molecule has 0 aliphatic rings. The molecule has 0 aliphatic carbocycles. The smallest absolute Gasteiger partial charge is 0.387 e. The first-order valence-electron chi connectivity index (χ1n) is 3.03. The SMILES string of the molecule is Cc1nc(Cl)ncc1OC(F)F. The van der Waals surface area contributed by atoms with E-state index in [1.807, 2.05) is 0 Å². The quantitative estimate of drug-likeness (QED) is 0.676. The van der Waals surface area contributed by atoms with Gasteiger partial charge in [0.05, 0.1) is 11.9 Å². The van der Waals surface area contributed by atoms with Gasteiger partial charge in [0.25, 0.3) is 0 Å². The molecule has 0 saturated heterocycles. The van der Waals surface area contributed by atoms with Gasteiger partial charge in [-0.15, -0.1) is 0 Å². The first-order chi connectivity index (χ1) is 5.59. The van der Waals surface area contributed by atoms with Crippen LogP contribution in [0.5, 0.6) is 5.75 Å². The van der Waals surface area contributed by atoms with Crippen molar-refractivity contribution in [3.05, 3.63) is 17.2 Å². The lowest BCUT2D eigenvalue weighted by molar-refractivity contribution is -0.0508. The number of aromatic nitrogens is 2. The molecule has 12 heavy (non-hydrogen) atoms. The summed E-state index contributed by atoms with van der Waals surface area (Å²) in [6, 6.07) is 0. The minimum atomic E-state index is -2.87. The molecule has 0 unspecified atom stereocenters. The first-order valence-corrected chi connectivity index (χ1v) is 3.41. The maximum Gasteiger partial charge on any atom is 0.387 e. The molecule has 6 heteroatoms. The van der Waals surface area contributed by atoms with E-state index in [-0.39, 0.29) is 16.7 Å². The molecule has 0 amide bonds. The molecule has 0 saturated carbocycles. The molecular weight excluding hydrogens is 190 g/mol. The normalized spacial score (nSPS) is 10.4. The summed E-state index contributed by atoms with van der Waals surface area (Å²) in [4.78, 5) is 7.11. The van der Waals surface area contributed by atoms with E-state index < -0.39 is 6.61 Å². The first kappa shape index (κ1) is 9.12. The van der Waals surface area contributed by atoms with Crippen LogP contribution in [0.1, 0.15) is 5.69 Å². The summed E-state index contributed by atoms with van der Waals surface area (Å²) in [5.41, 5.74) is 0.287.